The van der Waals surface area contributed by atoms with Gasteiger partial charge in [-0.05, 0) is 6.42 Å². The van der Waals surface area contributed by atoms with Crippen molar-refractivity contribution >= 4 is 11.8 Å². The van der Waals surface area contributed by atoms with Gasteiger partial charge in [0.25, 0.3) is 11.5 Å². The monoisotopic (exact) mass is 225 g/mol. The SMILES string of the molecule is O=C1CCC(n2ncc(F)cc2=O)C(=O)N1. The minimum absolute atomic E-state index is 0.141. The number of carbonyl (C=O) groups excluding carboxylic acids is 2. The van der Waals surface area contributed by atoms with Crippen molar-refractivity contribution in [3.63, 3.8) is 0 Å². The van der Waals surface area contributed by atoms with Crippen LogP contribution >= 0.6 is 0 Å². The van der Waals surface area contributed by atoms with Gasteiger partial charge < -0.3 is 0 Å². The molecule has 1 aromatic rings. The molecule has 1 aliphatic rings. The molecule has 0 spiro atoms. The summed E-state index contributed by atoms with van der Waals surface area (Å²) in [6.45, 7) is 0. The van der Waals surface area contributed by atoms with Gasteiger partial charge in [-0.3, -0.25) is 19.7 Å². The Morgan fingerprint density at radius 1 is 1.44 bits per heavy atom. The minimum Gasteiger partial charge on any atom is -0.295 e. The van der Waals surface area contributed by atoms with E-state index in [4.69, 9.17) is 0 Å². The molecule has 0 radical (unpaired) electrons. The molecule has 6 nitrogen and oxygen atoms in total. The van der Waals surface area contributed by atoms with E-state index in [-0.39, 0.29) is 18.7 Å². The standard InChI is InChI=1S/C9H8FN3O3/c10-5-3-8(15)13(11-4-5)6-1-2-7(14)12-9(6)16/h3-4,6H,1-2H2,(H,12,14,16). The highest BCUT2D eigenvalue weighted by Gasteiger charge is 2.29. The summed E-state index contributed by atoms with van der Waals surface area (Å²) in [6.07, 6.45) is 1.19. The Balaban J connectivity index is 2.34. The number of nitrogens with zero attached hydrogens (tertiary/aromatic N) is 2. The van der Waals surface area contributed by atoms with Crippen LogP contribution in [0.15, 0.2) is 17.1 Å². The van der Waals surface area contributed by atoms with Gasteiger partial charge in [-0.1, -0.05) is 0 Å². The van der Waals surface area contributed by atoms with Crippen LogP contribution in [0.2, 0.25) is 0 Å². The molecule has 2 heterocycles. The molecule has 0 aliphatic carbocycles. The summed E-state index contributed by atoms with van der Waals surface area (Å²) in [5.74, 6) is -1.72. The molecule has 0 saturated carbocycles. The van der Waals surface area contributed by atoms with Crippen molar-refractivity contribution < 1.29 is 14.0 Å². The average Bonchev–Trinajstić information content (AvgIpc) is 2.19. The maximum atomic E-state index is 12.6. The van der Waals surface area contributed by atoms with E-state index in [1.54, 1.807) is 0 Å². The van der Waals surface area contributed by atoms with Crippen molar-refractivity contribution in [3.05, 3.63) is 28.4 Å². The van der Waals surface area contributed by atoms with Crippen LogP contribution in [-0.2, 0) is 9.59 Å². The van der Waals surface area contributed by atoms with Crippen LogP contribution in [0.25, 0.3) is 0 Å². The van der Waals surface area contributed by atoms with Gasteiger partial charge in [0.05, 0.1) is 6.20 Å². The highest BCUT2D eigenvalue weighted by Crippen LogP contribution is 2.15. The van der Waals surface area contributed by atoms with Gasteiger partial charge in [-0.15, -0.1) is 0 Å². The number of carbonyl (C=O) groups is 2. The second-order valence-electron chi connectivity index (χ2n) is 3.42. The molecule has 1 aromatic heterocycles. The van der Waals surface area contributed by atoms with Crippen molar-refractivity contribution in [3.8, 4) is 0 Å². The van der Waals surface area contributed by atoms with E-state index in [2.05, 4.69) is 10.4 Å². The maximum absolute atomic E-state index is 12.6. The van der Waals surface area contributed by atoms with Crippen LogP contribution in [-0.4, -0.2) is 21.6 Å². The first-order valence-electron chi connectivity index (χ1n) is 4.66. The summed E-state index contributed by atoms with van der Waals surface area (Å²) in [4.78, 5) is 33.7. The molecule has 0 aromatic carbocycles. The van der Waals surface area contributed by atoms with Crippen molar-refractivity contribution in [1.82, 2.24) is 15.1 Å². The lowest BCUT2D eigenvalue weighted by atomic mass is 10.1. The number of rotatable bonds is 1. The van der Waals surface area contributed by atoms with E-state index >= 15 is 0 Å². The fourth-order valence-corrected chi connectivity index (χ4v) is 1.55. The van der Waals surface area contributed by atoms with Crippen LogP contribution < -0.4 is 10.9 Å². The lowest BCUT2D eigenvalue weighted by molar-refractivity contribution is -0.136. The molecule has 2 rings (SSSR count). The quantitative estimate of drug-likeness (QED) is 0.644. The molecule has 1 fully saturated rings. The van der Waals surface area contributed by atoms with Crippen LogP contribution in [0, 0.1) is 5.82 Å². The van der Waals surface area contributed by atoms with Crippen molar-refractivity contribution in [2.24, 2.45) is 0 Å². The van der Waals surface area contributed by atoms with E-state index in [1.807, 2.05) is 0 Å². The first kappa shape index (κ1) is 10.5. The Bertz CT molecular complexity index is 511. The van der Waals surface area contributed by atoms with Crippen LogP contribution in [0.5, 0.6) is 0 Å². The molecule has 1 saturated heterocycles. The van der Waals surface area contributed by atoms with Crippen LogP contribution in [0.1, 0.15) is 18.9 Å². The van der Waals surface area contributed by atoms with Crippen LogP contribution in [0.4, 0.5) is 4.39 Å². The zero-order chi connectivity index (χ0) is 11.7. The summed E-state index contributed by atoms with van der Waals surface area (Å²) >= 11 is 0. The molecule has 1 N–H and O–H groups in total. The minimum atomic E-state index is -0.842. The Kier molecular flexibility index (Phi) is 2.51. The average molecular weight is 225 g/mol. The number of piperidine rings is 1. The van der Waals surface area contributed by atoms with Gasteiger partial charge >= 0.3 is 0 Å². The Morgan fingerprint density at radius 3 is 2.81 bits per heavy atom. The third-order valence-electron chi connectivity index (χ3n) is 2.30. The summed E-state index contributed by atoms with van der Waals surface area (Å²) < 4.78 is 13.5. The van der Waals surface area contributed by atoms with Crippen molar-refractivity contribution in [1.29, 1.82) is 0 Å². The topological polar surface area (TPSA) is 81.1 Å². The van der Waals surface area contributed by atoms with Gasteiger partial charge in [0, 0.05) is 12.5 Å². The third-order valence-corrected chi connectivity index (χ3v) is 2.30. The van der Waals surface area contributed by atoms with E-state index in [0.29, 0.717) is 0 Å². The first-order chi connectivity index (χ1) is 7.58. The van der Waals surface area contributed by atoms with Gasteiger partial charge in [0.15, 0.2) is 0 Å². The van der Waals surface area contributed by atoms with Gasteiger partial charge in [-0.2, -0.15) is 5.10 Å². The van der Waals surface area contributed by atoms with Crippen molar-refractivity contribution in [2.45, 2.75) is 18.9 Å². The third kappa shape index (κ3) is 1.83. The zero-order valence-corrected chi connectivity index (χ0v) is 8.14. The normalized spacial score (nSPS) is 20.7. The summed E-state index contributed by atoms with van der Waals surface area (Å²) in [5.41, 5.74) is -0.700. The van der Waals surface area contributed by atoms with Crippen molar-refractivity contribution in [2.75, 3.05) is 0 Å². The number of halogens is 1. The maximum Gasteiger partial charge on any atom is 0.270 e. The Morgan fingerprint density at radius 2 is 2.19 bits per heavy atom. The Hall–Kier alpha value is -2.05. The first-order valence-corrected chi connectivity index (χ1v) is 4.66. The number of hydrogen-bond donors (Lipinski definition) is 1. The lowest BCUT2D eigenvalue weighted by Gasteiger charge is -2.21. The molecule has 7 heteroatoms. The van der Waals surface area contributed by atoms with Gasteiger partial charge in [0.2, 0.25) is 5.91 Å². The Labute approximate surface area is 89.1 Å². The van der Waals surface area contributed by atoms with Gasteiger partial charge in [0.1, 0.15) is 11.9 Å². The molecule has 16 heavy (non-hydrogen) atoms. The second-order valence-corrected chi connectivity index (χ2v) is 3.42. The number of aromatic nitrogens is 2. The molecule has 1 unspecified atom stereocenters. The summed E-state index contributed by atoms with van der Waals surface area (Å²) in [7, 11) is 0. The molecule has 1 aliphatic heterocycles. The van der Waals surface area contributed by atoms with E-state index < -0.39 is 23.3 Å². The molecule has 2 amide bonds. The number of imide groups is 1. The predicted molar refractivity (Wildman–Crippen MR) is 49.9 cm³/mol. The number of hydrogen-bond acceptors (Lipinski definition) is 4. The fraction of sp³-hybridized carbons (Fsp3) is 0.333. The van der Waals surface area contributed by atoms with E-state index in [1.165, 1.54) is 0 Å². The van der Waals surface area contributed by atoms with E-state index in [0.717, 1.165) is 16.9 Å². The number of amides is 2. The molecule has 0 bridgehead atoms. The molecule has 84 valence electrons. The van der Waals surface area contributed by atoms with Crippen LogP contribution in [0.3, 0.4) is 0 Å². The van der Waals surface area contributed by atoms with Gasteiger partial charge in [-0.25, -0.2) is 9.07 Å². The largest absolute Gasteiger partial charge is 0.295 e. The van der Waals surface area contributed by atoms with E-state index in [9.17, 15) is 18.8 Å². The predicted octanol–water partition coefficient (Wildman–Crippen LogP) is -0.640. The molecular formula is C9H8FN3O3. The zero-order valence-electron chi connectivity index (χ0n) is 8.14. The summed E-state index contributed by atoms with van der Waals surface area (Å²) in [5, 5.41) is 5.63. The molecular weight excluding hydrogens is 217 g/mol. The highest BCUT2D eigenvalue weighted by atomic mass is 19.1. The molecule has 1 atom stereocenters. The number of nitrogens with one attached hydrogen (secondary N) is 1. The fourth-order valence-electron chi connectivity index (χ4n) is 1.55. The summed E-state index contributed by atoms with van der Waals surface area (Å²) in [6, 6.07) is -0.0951. The second kappa shape index (κ2) is 3.84. The smallest absolute Gasteiger partial charge is 0.270 e. The highest BCUT2D eigenvalue weighted by molar-refractivity contribution is 5.99. The lowest BCUT2D eigenvalue weighted by Crippen LogP contribution is -2.45.